The molecule has 0 spiro atoms. The van der Waals surface area contributed by atoms with Crippen molar-refractivity contribution in [3.8, 4) is 6.07 Å². The number of nitrogens with zero attached hydrogens (tertiary/aromatic N) is 3. The lowest BCUT2D eigenvalue weighted by Gasteiger charge is -2.21. The Kier molecular flexibility index (Phi) is 6.17. The summed E-state index contributed by atoms with van der Waals surface area (Å²) in [5.74, 6) is 0. The van der Waals surface area contributed by atoms with E-state index in [2.05, 4.69) is 61.3 Å². The molecule has 0 aliphatic heterocycles. The fraction of sp³-hybridized carbons (Fsp3) is 0.286. The van der Waals surface area contributed by atoms with Crippen LogP contribution in [-0.4, -0.2) is 39.1 Å². The van der Waals surface area contributed by atoms with Gasteiger partial charge in [0.1, 0.15) is 0 Å². The molecular weight excluding hydrogens is 294 g/mol. The van der Waals surface area contributed by atoms with Crippen molar-refractivity contribution < 1.29 is 0 Å². The predicted octanol–water partition coefficient (Wildman–Crippen LogP) is 4.06. The lowest BCUT2D eigenvalue weighted by atomic mass is 10.0. The smallest absolute Gasteiger partial charge is 0.0998 e. The van der Waals surface area contributed by atoms with Crippen molar-refractivity contribution in [2.45, 2.75) is 6.92 Å². The Bertz CT molecular complexity index is 719. The first-order chi connectivity index (χ1) is 11.5. The molecule has 2 rings (SSSR count). The van der Waals surface area contributed by atoms with E-state index < -0.39 is 0 Å². The number of hydrogen-bond donors (Lipinski definition) is 0. The van der Waals surface area contributed by atoms with E-state index in [1.165, 1.54) is 11.3 Å². The van der Waals surface area contributed by atoms with Crippen LogP contribution >= 0.6 is 0 Å². The van der Waals surface area contributed by atoms with E-state index in [-0.39, 0.29) is 0 Å². The van der Waals surface area contributed by atoms with Crippen LogP contribution in [-0.2, 0) is 0 Å². The minimum absolute atomic E-state index is 0.684. The van der Waals surface area contributed by atoms with E-state index in [0.29, 0.717) is 5.57 Å². The van der Waals surface area contributed by atoms with Crippen LogP contribution < -0.4 is 4.90 Å². The van der Waals surface area contributed by atoms with Crippen molar-refractivity contribution in [2.75, 3.05) is 39.1 Å². The van der Waals surface area contributed by atoms with Crippen LogP contribution in [0.5, 0.6) is 0 Å². The molecule has 0 N–H and O–H groups in total. The van der Waals surface area contributed by atoms with Gasteiger partial charge in [-0.3, -0.25) is 0 Å². The largest absolute Gasteiger partial charge is 0.373 e. The highest BCUT2D eigenvalue weighted by Gasteiger charge is 2.03. The topological polar surface area (TPSA) is 30.3 Å². The molecule has 0 heterocycles. The molecule has 0 saturated carbocycles. The maximum Gasteiger partial charge on any atom is 0.0998 e. The number of hydrogen-bond acceptors (Lipinski definition) is 3. The Labute approximate surface area is 145 Å². The number of allylic oxidation sites excluding steroid dienone is 1. The first-order valence-electron chi connectivity index (χ1n) is 8.14. The van der Waals surface area contributed by atoms with E-state index in [4.69, 9.17) is 0 Å². The van der Waals surface area contributed by atoms with Crippen LogP contribution in [0.3, 0.4) is 0 Å². The van der Waals surface area contributed by atoms with Crippen LogP contribution in [0.15, 0.2) is 48.5 Å². The summed E-state index contributed by atoms with van der Waals surface area (Å²) in [6, 6.07) is 18.7. The van der Waals surface area contributed by atoms with Gasteiger partial charge < -0.3 is 9.80 Å². The number of rotatable bonds is 6. The average Bonchev–Trinajstić information content (AvgIpc) is 2.59. The second kappa shape index (κ2) is 8.33. The van der Waals surface area contributed by atoms with Crippen molar-refractivity contribution in [3.05, 3.63) is 65.2 Å². The Balaban J connectivity index is 2.14. The highest BCUT2D eigenvalue weighted by atomic mass is 15.1. The summed E-state index contributed by atoms with van der Waals surface area (Å²) in [6.07, 6.45) is 1.94. The van der Waals surface area contributed by atoms with Crippen LogP contribution in [0, 0.1) is 18.3 Å². The maximum absolute atomic E-state index is 9.44. The van der Waals surface area contributed by atoms with Crippen LogP contribution in [0.4, 0.5) is 5.69 Å². The first kappa shape index (κ1) is 17.8. The third-order valence-electron chi connectivity index (χ3n) is 4.01. The molecule has 2 aromatic rings. The van der Waals surface area contributed by atoms with E-state index >= 15 is 0 Å². The Hall–Kier alpha value is -2.57. The minimum atomic E-state index is 0.684. The normalized spacial score (nSPS) is 11.4. The Morgan fingerprint density at radius 3 is 2.12 bits per heavy atom. The van der Waals surface area contributed by atoms with Gasteiger partial charge >= 0.3 is 0 Å². The van der Waals surface area contributed by atoms with Gasteiger partial charge in [0.25, 0.3) is 0 Å². The standard InChI is InChI=1S/C21H25N3/c1-17-5-9-19(10-6-17)20(16-22)15-18-7-11-21(12-8-18)24(4)14-13-23(2)3/h5-12,15H,13-14H2,1-4H3/b20-15+. The van der Waals surface area contributed by atoms with Crippen molar-refractivity contribution >= 4 is 17.3 Å². The van der Waals surface area contributed by atoms with Crippen molar-refractivity contribution in [3.63, 3.8) is 0 Å². The SMILES string of the molecule is Cc1ccc(/C(C#N)=C/c2ccc(N(C)CCN(C)C)cc2)cc1. The number of benzene rings is 2. The third-order valence-corrected chi connectivity index (χ3v) is 4.01. The molecule has 0 amide bonds. The summed E-state index contributed by atoms with van der Waals surface area (Å²) in [4.78, 5) is 4.41. The summed E-state index contributed by atoms with van der Waals surface area (Å²) in [7, 11) is 6.26. The zero-order valence-corrected chi connectivity index (χ0v) is 15.0. The second-order valence-corrected chi connectivity index (χ2v) is 6.35. The number of aryl methyl sites for hydroxylation is 1. The van der Waals surface area contributed by atoms with E-state index in [0.717, 1.165) is 24.2 Å². The fourth-order valence-corrected chi connectivity index (χ4v) is 2.38. The first-order valence-corrected chi connectivity index (χ1v) is 8.14. The number of nitriles is 1. The Morgan fingerprint density at radius 1 is 0.958 bits per heavy atom. The lowest BCUT2D eigenvalue weighted by Crippen LogP contribution is -2.28. The summed E-state index contributed by atoms with van der Waals surface area (Å²) in [5.41, 5.74) is 5.06. The molecule has 0 atom stereocenters. The van der Waals surface area contributed by atoms with Gasteiger partial charge in [-0.25, -0.2) is 0 Å². The second-order valence-electron chi connectivity index (χ2n) is 6.35. The molecule has 0 aromatic heterocycles. The average molecular weight is 319 g/mol. The molecule has 0 bridgehead atoms. The molecule has 0 saturated heterocycles. The molecule has 24 heavy (non-hydrogen) atoms. The number of likely N-dealkylation sites (N-methyl/N-ethyl adjacent to an activating group) is 2. The van der Waals surface area contributed by atoms with Gasteiger partial charge in [-0.1, -0.05) is 42.0 Å². The molecule has 0 radical (unpaired) electrons. The molecule has 124 valence electrons. The Morgan fingerprint density at radius 2 is 1.58 bits per heavy atom. The molecule has 0 fully saturated rings. The summed E-state index contributed by atoms with van der Waals surface area (Å²) in [6.45, 7) is 4.05. The van der Waals surface area contributed by atoms with Gasteiger partial charge in [-0.05, 0) is 50.4 Å². The quantitative estimate of drug-likeness (QED) is 0.594. The lowest BCUT2D eigenvalue weighted by molar-refractivity contribution is 0.416. The summed E-state index contributed by atoms with van der Waals surface area (Å²) >= 11 is 0. The monoisotopic (exact) mass is 319 g/mol. The molecular formula is C21H25N3. The summed E-state index contributed by atoms with van der Waals surface area (Å²) in [5, 5.41) is 9.44. The van der Waals surface area contributed by atoms with Crippen molar-refractivity contribution in [1.29, 1.82) is 5.26 Å². The molecule has 0 unspecified atom stereocenters. The fourth-order valence-electron chi connectivity index (χ4n) is 2.38. The van der Waals surface area contributed by atoms with Crippen LogP contribution in [0.2, 0.25) is 0 Å². The molecule has 3 nitrogen and oxygen atoms in total. The van der Waals surface area contributed by atoms with Gasteiger partial charge in [-0.2, -0.15) is 5.26 Å². The van der Waals surface area contributed by atoms with Gasteiger partial charge in [0.2, 0.25) is 0 Å². The van der Waals surface area contributed by atoms with Gasteiger partial charge in [-0.15, -0.1) is 0 Å². The molecule has 0 aliphatic rings. The van der Waals surface area contributed by atoms with Crippen molar-refractivity contribution in [1.82, 2.24) is 4.90 Å². The molecule has 0 aliphatic carbocycles. The minimum Gasteiger partial charge on any atom is -0.373 e. The van der Waals surface area contributed by atoms with Gasteiger partial charge in [0, 0.05) is 25.8 Å². The molecule has 3 heteroatoms. The van der Waals surface area contributed by atoms with E-state index in [1.807, 2.05) is 37.3 Å². The summed E-state index contributed by atoms with van der Waals surface area (Å²) < 4.78 is 0. The highest BCUT2D eigenvalue weighted by molar-refractivity contribution is 5.89. The zero-order valence-electron chi connectivity index (χ0n) is 15.0. The van der Waals surface area contributed by atoms with E-state index in [9.17, 15) is 5.26 Å². The zero-order chi connectivity index (χ0) is 17.5. The van der Waals surface area contributed by atoms with Crippen LogP contribution in [0.1, 0.15) is 16.7 Å². The van der Waals surface area contributed by atoms with Crippen LogP contribution in [0.25, 0.3) is 11.6 Å². The highest BCUT2D eigenvalue weighted by Crippen LogP contribution is 2.20. The van der Waals surface area contributed by atoms with Crippen molar-refractivity contribution in [2.24, 2.45) is 0 Å². The van der Waals surface area contributed by atoms with Gasteiger partial charge in [0.05, 0.1) is 11.6 Å². The van der Waals surface area contributed by atoms with Gasteiger partial charge in [0.15, 0.2) is 0 Å². The van der Waals surface area contributed by atoms with E-state index in [1.54, 1.807) is 0 Å². The maximum atomic E-state index is 9.44. The predicted molar refractivity (Wildman–Crippen MR) is 103 cm³/mol. The number of anilines is 1. The third kappa shape index (κ3) is 4.97. The molecule has 2 aromatic carbocycles.